The minimum absolute atomic E-state index is 0.0102. The van der Waals surface area contributed by atoms with E-state index in [0.717, 1.165) is 44.9 Å². The van der Waals surface area contributed by atoms with Crippen LogP contribution in [0.25, 0.3) is 0 Å². The van der Waals surface area contributed by atoms with Gasteiger partial charge in [-0.2, -0.15) is 5.26 Å². The highest BCUT2D eigenvalue weighted by Gasteiger charge is 2.55. The molecule has 33 heavy (non-hydrogen) atoms. The van der Waals surface area contributed by atoms with Gasteiger partial charge in [-0.1, -0.05) is 55.0 Å². The Labute approximate surface area is 197 Å². The quantitative estimate of drug-likeness (QED) is 0.678. The average molecular weight is 443 g/mol. The van der Waals surface area contributed by atoms with Crippen molar-refractivity contribution in [3.05, 3.63) is 65.7 Å². The van der Waals surface area contributed by atoms with Gasteiger partial charge in [0.25, 0.3) is 0 Å². The maximum absolute atomic E-state index is 12.9. The number of para-hydroxylation sites is 1. The molecule has 2 amide bonds. The van der Waals surface area contributed by atoms with E-state index in [4.69, 9.17) is 0 Å². The van der Waals surface area contributed by atoms with E-state index >= 15 is 0 Å². The lowest BCUT2D eigenvalue weighted by Gasteiger charge is -2.53. The van der Waals surface area contributed by atoms with Gasteiger partial charge in [-0.15, -0.1) is 0 Å². The zero-order valence-corrected chi connectivity index (χ0v) is 19.8. The number of rotatable bonds is 5. The maximum Gasteiger partial charge on any atom is 0.318 e. The average Bonchev–Trinajstić information content (AvgIpc) is 3.12. The molecule has 2 aliphatic carbocycles. The Morgan fingerprint density at radius 3 is 2.27 bits per heavy atom. The first-order valence-electron chi connectivity index (χ1n) is 12.3. The van der Waals surface area contributed by atoms with Crippen molar-refractivity contribution >= 4 is 11.7 Å². The Morgan fingerprint density at radius 2 is 1.67 bits per heavy atom. The summed E-state index contributed by atoms with van der Waals surface area (Å²) in [7, 11) is 2.22. The summed E-state index contributed by atoms with van der Waals surface area (Å²) in [6.45, 7) is 3.43. The lowest BCUT2D eigenvalue weighted by Crippen LogP contribution is -2.58. The third-order valence-electron chi connectivity index (χ3n) is 8.83. The second-order valence-corrected chi connectivity index (χ2v) is 10.5. The van der Waals surface area contributed by atoms with Crippen LogP contribution in [0.2, 0.25) is 0 Å². The highest BCUT2D eigenvalue weighted by atomic mass is 16.2. The van der Waals surface area contributed by atoms with Crippen LogP contribution in [-0.2, 0) is 5.54 Å². The van der Waals surface area contributed by atoms with Crippen molar-refractivity contribution in [1.82, 2.24) is 10.2 Å². The van der Waals surface area contributed by atoms with Crippen LogP contribution < -0.4 is 10.2 Å². The number of nitrogens with zero attached hydrogens (tertiary/aromatic N) is 3. The summed E-state index contributed by atoms with van der Waals surface area (Å²) >= 11 is 0. The third kappa shape index (κ3) is 3.47. The summed E-state index contributed by atoms with van der Waals surface area (Å²) in [5, 5.41) is 12.9. The van der Waals surface area contributed by atoms with Crippen molar-refractivity contribution in [2.75, 3.05) is 25.0 Å². The van der Waals surface area contributed by atoms with Crippen LogP contribution >= 0.6 is 0 Å². The number of nitrogens with one attached hydrogen (secondary N) is 1. The zero-order chi connectivity index (χ0) is 23.1. The SMILES string of the molecule is Cc1ccccc1N(C)C1(c2ccccc2)CCC2(CC1)CNC(=O)N2CC1(C#N)CCC1. The number of carbonyl (C=O) groups is 1. The summed E-state index contributed by atoms with van der Waals surface area (Å²) in [5.74, 6) is 0. The molecular weight excluding hydrogens is 408 g/mol. The Kier molecular flexibility index (Phi) is 5.35. The standard InChI is InChI=1S/C28H34N4O/c1-22-9-6-7-12-24(22)31(2)28(23-10-4-3-5-11-23)17-15-27(16-18-28)20-30-25(33)32(27)21-26(19-29)13-8-14-26/h3-7,9-12H,8,13-18,20-21H2,1-2H3,(H,30,33). The van der Waals surface area contributed by atoms with Crippen molar-refractivity contribution in [1.29, 1.82) is 5.26 Å². The molecule has 0 atom stereocenters. The largest absolute Gasteiger partial charge is 0.365 e. The van der Waals surface area contributed by atoms with Gasteiger partial charge in [-0.25, -0.2) is 4.79 Å². The second-order valence-electron chi connectivity index (χ2n) is 10.5. The number of urea groups is 1. The van der Waals surface area contributed by atoms with E-state index in [2.05, 4.69) is 84.9 Å². The van der Waals surface area contributed by atoms with Gasteiger partial charge < -0.3 is 15.1 Å². The van der Waals surface area contributed by atoms with Crippen molar-refractivity contribution in [2.24, 2.45) is 5.41 Å². The van der Waals surface area contributed by atoms with Gasteiger partial charge in [0.05, 0.1) is 22.6 Å². The Bertz CT molecular complexity index is 1060. The molecule has 172 valence electrons. The van der Waals surface area contributed by atoms with E-state index < -0.39 is 0 Å². The molecule has 0 radical (unpaired) electrons. The molecule has 1 N–H and O–H groups in total. The summed E-state index contributed by atoms with van der Waals surface area (Å²) in [6.07, 6.45) is 6.70. The molecule has 3 aliphatic rings. The Morgan fingerprint density at radius 1 is 1.00 bits per heavy atom. The Balaban J connectivity index is 1.47. The third-order valence-corrected chi connectivity index (χ3v) is 8.83. The first-order chi connectivity index (χ1) is 15.9. The molecular formula is C28H34N4O. The molecule has 5 nitrogen and oxygen atoms in total. The number of aryl methyl sites for hydroxylation is 1. The molecule has 2 saturated carbocycles. The molecule has 0 aromatic heterocycles. The molecule has 2 aromatic rings. The molecule has 1 saturated heterocycles. The van der Waals surface area contributed by atoms with E-state index in [0.29, 0.717) is 13.1 Å². The number of anilines is 1. The fourth-order valence-corrected chi connectivity index (χ4v) is 6.41. The highest BCUT2D eigenvalue weighted by molar-refractivity contribution is 5.78. The second kappa shape index (κ2) is 8.09. The van der Waals surface area contributed by atoms with Crippen LogP contribution in [0.4, 0.5) is 10.5 Å². The van der Waals surface area contributed by atoms with Crippen LogP contribution in [-0.4, -0.2) is 36.6 Å². The number of amides is 2. The van der Waals surface area contributed by atoms with Crippen molar-refractivity contribution in [3.63, 3.8) is 0 Å². The van der Waals surface area contributed by atoms with Gasteiger partial charge in [0.1, 0.15) is 0 Å². The summed E-state index contributed by atoms with van der Waals surface area (Å²) in [5.41, 5.74) is 3.20. The molecule has 3 fully saturated rings. The number of nitriles is 1. The van der Waals surface area contributed by atoms with Crippen LogP contribution in [0.1, 0.15) is 56.1 Å². The van der Waals surface area contributed by atoms with E-state index in [1.54, 1.807) is 0 Å². The fraction of sp³-hybridized carbons (Fsp3) is 0.500. The molecule has 0 unspecified atom stereocenters. The number of hydrogen-bond acceptors (Lipinski definition) is 3. The highest BCUT2D eigenvalue weighted by Crippen LogP contribution is 2.51. The first kappa shape index (κ1) is 21.8. The van der Waals surface area contributed by atoms with E-state index in [1.165, 1.54) is 16.8 Å². The normalized spacial score (nSPS) is 28.2. The van der Waals surface area contributed by atoms with Gasteiger partial charge in [0.15, 0.2) is 0 Å². The summed E-state index contributed by atoms with van der Waals surface area (Å²) in [6, 6.07) is 22.0. The van der Waals surface area contributed by atoms with E-state index in [-0.39, 0.29) is 22.5 Å². The van der Waals surface area contributed by atoms with Crippen molar-refractivity contribution in [3.8, 4) is 6.07 Å². The summed E-state index contributed by atoms with van der Waals surface area (Å²) in [4.78, 5) is 17.4. The predicted molar refractivity (Wildman–Crippen MR) is 131 cm³/mol. The molecule has 5 rings (SSSR count). The van der Waals surface area contributed by atoms with Gasteiger partial charge in [-0.3, -0.25) is 0 Å². The topological polar surface area (TPSA) is 59.4 Å². The van der Waals surface area contributed by atoms with Crippen LogP contribution in [0.3, 0.4) is 0 Å². The van der Waals surface area contributed by atoms with Crippen molar-refractivity contribution < 1.29 is 4.79 Å². The number of carbonyl (C=O) groups excluding carboxylic acids is 1. The van der Waals surface area contributed by atoms with Crippen LogP contribution in [0, 0.1) is 23.7 Å². The maximum atomic E-state index is 12.9. The number of benzene rings is 2. The lowest BCUT2D eigenvalue weighted by atomic mass is 9.66. The smallest absolute Gasteiger partial charge is 0.318 e. The van der Waals surface area contributed by atoms with Gasteiger partial charge >= 0.3 is 6.03 Å². The number of hydrogen-bond donors (Lipinski definition) is 1. The van der Waals surface area contributed by atoms with E-state index in [1.807, 2.05) is 4.90 Å². The zero-order valence-electron chi connectivity index (χ0n) is 19.8. The monoisotopic (exact) mass is 442 g/mol. The fourth-order valence-electron chi connectivity index (χ4n) is 6.41. The Hall–Kier alpha value is -3.00. The molecule has 1 spiro atoms. The van der Waals surface area contributed by atoms with Gasteiger partial charge in [0.2, 0.25) is 0 Å². The first-order valence-corrected chi connectivity index (χ1v) is 12.3. The molecule has 1 aliphatic heterocycles. The molecule has 1 heterocycles. The van der Waals surface area contributed by atoms with Gasteiger partial charge in [-0.05, 0) is 62.6 Å². The minimum atomic E-state index is -0.347. The minimum Gasteiger partial charge on any atom is -0.365 e. The summed E-state index contributed by atoms with van der Waals surface area (Å²) < 4.78 is 0. The predicted octanol–water partition coefficient (Wildman–Crippen LogP) is 5.36. The van der Waals surface area contributed by atoms with Crippen LogP contribution in [0.5, 0.6) is 0 Å². The van der Waals surface area contributed by atoms with Crippen LogP contribution in [0.15, 0.2) is 54.6 Å². The van der Waals surface area contributed by atoms with Gasteiger partial charge in [0, 0.05) is 25.8 Å². The van der Waals surface area contributed by atoms with Crippen molar-refractivity contribution in [2.45, 2.75) is 62.9 Å². The molecule has 5 heteroatoms. The molecule has 0 bridgehead atoms. The lowest BCUT2D eigenvalue weighted by molar-refractivity contribution is 0.0460. The molecule has 2 aromatic carbocycles. The van der Waals surface area contributed by atoms with E-state index in [9.17, 15) is 10.1 Å².